The molecule has 1 saturated heterocycles. The van der Waals surface area contributed by atoms with Gasteiger partial charge in [-0.25, -0.2) is 4.79 Å². The molecule has 4 heteroatoms. The van der Waals surface area contributed by atoms with Crippen LogP contribution in [0, 0.1) is 0 Å². The third kappa shape index (κ3) is 4.74. The van der Waals surface area contributed by atoms with Crippen molar-refractivity contribution in [1.29, 1.82) is 0 Å². The van der Waals surface area contributed by atoms with E-state index in [4.69, 9.17) is 4.74 Å². The molecule has 2 atom stereocenters. The first-order valence-corrected chi connectivity index (χ1v) is 10.1. The van der Waals surface area contributed by atoms with Gasteiger partial charge >= 0.3 is 6.09 Å². The van der Waals surface area contributed by atoms with E-state index >= 15 is 0 Å². The van der Waals surface area contributed by atoms with Crippen molar-refractivity contribution in [3.63, 3.8) is 0 Å². The summed E-state index contributed by atoms with van der Waals surface area (Å²) in [5, 5.41) is 0. The molecule has 4 nitrogen and oxygen atoms in total. The number of amides is 1. The molecule has 3 rings (SSSR count). The number of hydrogen-bond donors (Lipinski definition) is 0. The molecule has 1 amide bonds. The maximum absolute atomic E-state index is 12.7. The second-order valence-electron chi connectivity index (χ2n) is 8.75. The van der Waals surface area contributed by atoms with E-state index in [0.717, 1.165) is 6.54 Å². The molecular formula is C24H32N2O2. The van der Waals surface area contributed by atoms with Gasteiger partial charge in [0, 0.05) is 25.2 Å². The second kappa shape index (κ2) is 8.36. The number of carbonyl (C=O) groups excluding carboxylic acids is 1. The monoisotopic (exact) mass is 380 g/mol. The highest BCUT2D eigenvalue weighted by Crippen LogP contribution is 2.33. The van der Waals surface area contributed by atoms with Crippen LogP contribution in [0.5, 0.6) is 0 Å². The fraction of sp³-hybridized carbons (Fsp3) is 0.458. The highest BCUT2D eigenvalue weighted by Gasteiger charge is 2.38. The first-order chi connectivity index (χ1) is 13.3. The Morgan fingerprint density at radius 3 is 1.86 bits per heavy atom. The van der Waals surface area contributed by atoms with E-state index in [1.165, 1.54) is 11.1 Å². The summed E-state index contributed by atoms with van der Waals surface area (Å²) in [6.07, 6.45) is -0.220. The van der Waals surface area contributed by atoms with E-state index in [-0.39, 0.29) is 24.2 Å². The number of rotatable bonds is 3. The minimum atomic E-state index is -0.478. The SMILES string of the molecule is C[C@@H]1CN(C(c2ccccc2)c2ccccc2)[C@@H](C)CN1C(=O)OC(C)(C)C. The first kappa shape index (κ1) is 20.4. The Labute approximate surface area is 169 Å². The molecular weight excluding hydrogens is 348 g/mol. The van der Waals surface area contributed by atoms with E-state index in [9.17, 15) is 4.79 Å². The molecule has 0 saturated carbocycles. The zero-order valence-corrected chi connectivity index (χ0v) is 17.6. The lowest BCUT2D eigenvalue weighted by Gasteiger charge is -2.47. The Morgan fingerprint density at radius 1 is 0.893 bits per heavy atom. The molecule has 2 aromatic rings. The van der Waals surface area contributed by atoms with Gasteiger partial charge in [0.15, 0.2) is 0 Å². The standard InChI is InChI=1S/C24H32N2O2/c1-18-17-26(23(27)28-24(3,4)5)19(2)16-25(18)22(20-12-8-6-9-13-20)21-14-10-7-11-15-21/h6-15,18-19,22H,16-17H2,1-5H3/t18-,19+/m0/s1. The van der Waals surface area contributed by atoms with Gasteiger partial charge < -0.3 is 9.64 Å². The van der Waals surface area contributed by atoms with Crippen molar-refractivity contribution >= 4 is 6.09 Å². The summed E-state index contributed by atoms with van der Waals surface area (Å²) in [6.45, 7) is 11.5. The highest BCUT2D eigenvalue weighted by atomic mass is 16.6. The summed E-state index contributed by atoms with van der Waals surface area (Å²) in [4.78, 5) is 17.1. The van der Waals surface area contributed by atoms with Crippen LogP contribution < -0.4 is 0 Å². The topological polar surface area (TPSA) is 32.8 Å². The average Bonchev–Trinajstić information content (AvgIpc) is 2.65. The summed E-state index contributed by atoms with van der Waals surface area (Å²) in [5.74, 6) is 0. The van der Waals surface area contributed by atoms with Crippen LogP contribution in [0.3, 0.4) is 0 Å². The van der Waals surface area contributed by atoms with E-state index in [0.29, 0.717) is 6.54 Å². The fourth-order valence-corrected chi connectivity index (χ4v) is 3.93. The molecule has 0 aliphatic carbocycles. The third-order valence-corrected chi connectivity index (χ3v) is 5.22. The number of hydrogen-bond acceptors (Lipinski definition) is 3. The van der Waals surface area contributed by atoms with Crippen LogP contribution in [-0.4, -0.2) is 46.7 Å². The van der Waals surface area contributed by atoms with E-state index < -0.39 is 5.60 Å². The van der Waals surface area contributed by atoms with Gasteiger partial charge in [-0.3, -0.25) is 4.90 Å². The summed E-state index contributed by atoms with van der Waals surface area (Å²) < 4.78 is 5.63. The first-order valence-electron chi connectivity index (χ1n) is 10.1. The van der Waals surface area contributed by atoms with Gasteiger partial charge in [0.1, 0.15) is 5.60 Å². The van der Waals surface area contributed by atoms with E-state index in [1.54, 1.807) is 0 Å². The Hall–Kier alpha value is -2.33. The minimum Gasteiger partial charge on any atom is -0.444 e. The summed E-state index contributed by atoms with van der Waals surface area (Å²) in [5.41, 5.74) is 2.07. The number of ether oxygens (including phenoxy) is 1. The van der Waals surface area contributed by atoms with Gasteiger partial charge in [-0.05, 0) is 45.7 Å². The van der Waals surface area contributed by atoms with Crippen molar-refractivity contribution in [2.45, 2.75) is 58.3 Å². The summed E-state index contributed by atoms with van der Waals surface area (Å²) in [6, 6.07) is 21.7. The van der Waals surface area contributed by atoms with Gasteiger partial charge in [-0.2, -0.15) is 0 Å². The Bertz CT molecular complexity index is 731. The third-order valence-electron chi connectivity index (χ3n) is 5.22. The second-order valence-corrected chi connectivity index (χ2v) is 8.75. The Kier molecular flexibility index (Phi) is 6.09. The van der Waals surface area contributed by atoms with Crippen LogP contribution in [0.2, 0.25) is 0 Å². The Morgan fingerprint density at radius 2 is 1.39 bits per heavy atom. The predicted octanol–water partition coefficient (Wildman–Crippen LogP) is 5.11. The highest BCUT2D eigenvalue weighted by molar-refractivity contribution is 5.68. The number of benzene rings is 2. The van der Waals surface area contributed by atoms with E-state index in [1.807, 2.05) is 25.7 Å². The molecule has 0 bridgehead atoms. The lowest BCUT2D eigenvalue weighted by atomic mass is 9.94. The van der Waals surface area contributed by atoms with Gasteiger partial charge in [0.25, 0.3) is 0 Å². The molecule has 2 aromatic carbocycles. The molecule has 28 heavy (non-hydrogen) atoms. The van der Waals surface area contributed by atoms with Crippen LogP contribution in [0.1, 0.15) is 51.8 Å². The van der Waals surface area contributed by atoms with E-state index in [2.05, 4.69) is 79.4 Å². The molecule has 150 valence electrons. The molecule has 1 fully saturated rings. The van der Waals surface area contributed by atoms with Crippen LogP contribution in [0.4, 0.5) is 4.79 Å². The van der Waals surface area contributed by atoms with Crippen LogP contribution >= 0.6 is 0 Å². The molecule has 1 aliphatic heterocycles. The zero-order valence-electron chi connectivity index (χ0n) is 17.6. The van der Waals surface area contributed by atoms with Crippen molar-refractivity contribution in [2.75, 3.05) is 13.1 Å². The van der Waals surface area contributed by atoms with Crippen molar-refractivity contribution < 1.29 is 9.53 Å². The molecule has 0 aromatic heterocycles. The van der Waals surface area contributed by atoms with Crippen molar-refractivity contribution in [1.82, 2.24) is 9.80 Å². The van der Waals surface area contributed by atoms with Crippen LogP contribution in [0.15, 0.2) is 60.7 Å². The van der Waals surface area contributed by atoms with Crippen LogP contribution in [0.25, 0.3) is 0 Å². The van der Waals surface area contributed by atoms with Crippen LogP contribution in [-0.2, 0) is 4.74 Å². The van der Waals surface area contributed by atoms with Gasteiger partial charge in [0.05, 0.1) is 6.04 Å². The maximum Gasteiger partial charge on any atom is 0.410 e. The average molecular weight is 381 g/mol. The molecule has 0 spiro atoms. The van der Waals surface area contributed by atoms with Crippen molar-refractivity contribution in [3.05, 3.63) is 71.8 Å². The molecule has 0 radical (unpaired) electrons. The Balaban J connectivity index is 1.86. The molecule has 1 aliphatic rings. The lowest BCUT2D eigenvalue weighted by Crippen LogP contribution is -2.59. The maximum atomic E-state index is 12.7. The zero-order chi connectivity index (χ0) is 20.3. The smallest absolute Gasteiger partial charge is 0.410 e. The van der Waals surface area contributed by atoms with Crippen molar-refractivity contribution in [3.8, 4) is 0 Å². The predicted molar refractivity (Wildman–Crippen MR) is 113 cm³/mol. The van der Waals surface area contributed by atoms with Gasteiger partial charge in [-0.15, -0.1) is 0 Å². The fourth-order valence-electron chi connectivity index (χ4n) is 3.93. The minimum absolute atomic E-state index is 0.0842. The molecule has 0 N–H and O–H groups in total. The molecule has 0 unspecified atom stereocenters. The molecule has 1 heterocycles. The number of piperazine rings is 1. The van der Waals surface area contributed by atoms with Gasteiger partial charge in [-0.1, -0.05) is 60.7 Å². The lowest BCUT2D eigenvalue weighted by molar-refractivity contribution is -0.0163. The van der Waals surface area contributed by atoms with Gasteiger partial charge in [0.2, 0.25) is 0 Å². The van der Waals surface area contributed by atoms with Crippen molar-refractivity contribution in [2.24, 2.45) is 0 Å². The normalized spacial score (nSPS) is 21.0. The summed E-state index contributed by atoms with van der Waals surface area (Å²) in [7, 11) is 0. The number of carbonyl (C=O) groups is 1. The quantitative estimate of drug-likeness (QED) is 0.742. The largest absolute Gasteiger partial charge is 0.444 e. The number of nitrogens with zero attached hydrogens (tertiary/aromatic N) is 2. The summed E-state index contributed by atoms with van der Waals surface area (Å²) >= 11 is 0.